The number of hydrogen-bond acceptors (Lipinski definition) is 0. The van der Waals surface area contributed by atoms with Crippen LogP contribution < -0.4 is 0 Å². The molecule has 0 fully saturated rings. The lowest BCUT2D eigenvalue weighted by Gasteiger charge is -1.81. The average molecular weight is 99.2 g/mol. The van der Waals surface area contributed by atoms with Crippen molar-refractivity contribution in [3.63, 3.8) is 0 Å². The third kappa shape index (κ3) is 5.70. The Kier molecular flexibility index (Phi) is 5.46. The Labute approximate surface area is 44.7 Å². The molecule has 0 spiro atoms. The Bertz CT molecular complexity index is 48.1. The molecule has 1 heteroatoms. The molecule has 0 aliphatic rings. The lowest BCUT2D eigenvalue weighted by molar-refractivity contribution is 0.190. The van der Waals surface area contributed by atoms with Gasteiger partial charge in [-0.1, -0.05) is 12.2 Å². The third-order valence-electron chi connectivity index (χ3n) is 0.751. The van der Waals surface area contributed by atoms with Gasteiger partial charge in [0.25, 0.3) is 0 Å². The van der Waals surface area contributed by atoms with Crippen molar-refractivity contribution in [1.29, 1.82) is 0 Å². The fourth-order valence-corrected chi connectivity index (χ4v) is 0.368. The van der Waals surface area contributed by atoms with Gasteiger partial charge in [0.1, 0.15) is 0 Å². The van der Waals surface area contributed by atoms with Crippen molar-refractivity contribution in [3.05, 3.63) is 12.2 Å². The Balaban J connectivity index is 2.69. The molecule has 0 unspecified atom stereocenters. The van der Waals surface area contributed by atoms with Gasteiger partial charge in [0.2, 0.25) is 0 Å². The molecule has 0 N–H and O–H groups in total. The monoisotopic (exact) mass is 99.1 g/mol. The summed E-state index contributed by atoms with van der Waals surface area (Å²) < 4.78 is 0. The van der Waals surface area contributed by atoms with Crippen LogP contribution in [0.2, 0.25) is 0 Å². The summed E-state index contributed by atoms with van der Waals surface area (Å²) in [5.41, 5.74) is 0. The summed E-state index contributed by atoms with van der Waals surface area (Å²) in [5.74, 6) is 0. The van der Waals surface area contributed by atoms with Crippen LogP contribution in [0.3, 0.4) is 0 Å². The minimum absolute atomic E-state index is 0.0599. The molecule has 7 heavy (non-hydrogen) atoms. The minimum atomic E-state index is 0.0599. The first-order chi connectivity index (χ1) is 3.41. The van der Waals surface area contributed by atoms with Crippen molar-refractivity contribution < 1.29 is 5.11 Å². The molecule has 0 aliphatic carbocycles. The summed E-state index contributed by atoms with van der Waals surface area (Å²) in [5, 5.41) is 9.77. The second kappa shape index (κ2) is 5.70. The first-order valence-electron chi connectivity index (χ1n) is 2.61. The first kappa shape index (κ1) is 6.70. The van der Waals surface area contributed by atoms with E-state index in [4.69, 9.17) is 0 Å². The molecule has 41 valence electrons. The van der Waals surface area contributed by atoms with Crippen LogP contribution >= 0.6 is 0 Å². The number of rotatable bonds is 3. The van der Waals surface area contributed by atoms with Crippen LogP contribution in [0.25, 0.3) is 0 Å². The van der Waals surface area contributed by atoms with Crippen LogP contribution in [-0.2, 0) is 5.11 Å². The van der Waals surface area contributed by atoms with E-state index in [0.29, 0.717) is 0 Å². The smallest absolute Gasteiger partial charge is 0.0825 e. The van der Waals surface area contributed by atoms with Gasteiger partial charge in [0.15, 0.2) is 0 Å². The maximum atomic E-state index is 9.77. The van der Waals surface area contributed by atoms with Gasteiger partial charge in [-0.25, -0.2) is 5.11 Å². The zero-order valence-electron chi connectivity index (χ0n) is 4.68. The van der Waals surface area contributed by atoms with Gasteiger partial charge in [-0.3, -0.25) is 0 Å². The Morgan fingerprint density at radius 2 is 2.29 bits per heavy atom. The van der Waals surface area contributed by atoms with Crippen molar-refractivity contribution in [2.45, 2.75) is 19.8 Å². The molecule has 1 nitrogen and oxygen atoms in total. The van der Waals surface area contributed by atoms with E-state index in [1.807, 2.05) is 19.1 Å². The minimum Gasteiger partial charge on any atom is -0.237 e. The molecule has 0 saturated carbocycles. The summed E-state index contributed by atoms with van der Waals surface area (Å²) in [6.45, 7) is 2.02. The molecule has 0 atom stereocenters. The average Bonchev–Trinajstić information content (AvgIpc) is 1.69. The molecule has 0 aliphatic heterocycles. The topological polar surface area (TPSA) is 19.9 Å². The van der Waals surface area contributed by atoms with E-state index in [9.17, 15) is 5.11 Å². The molecule has 0 saturated heterocycles. The van der Waals surface area contributed by atoms with Crippen LogP contribution in [-0.4, -0.2) is 6.61 Å². The van der Waals surface area contributed by atoms with E-state index < -0.39 is 0 Å². The summed E-state index contributed by atoms with van der Waals surface area (Å²) in [4.78, 5) is 0. The summed E-state index contributed by atoms with van der Waals surface area (Å²) in [7, 11) is 0. The number of allylic oxidation sites excluding steroid dienone is 2. The van der Waals surface area contributed by atoms with E-state index in [1.165, 1.54) is 0 Å². The van der Waals surface area contributed by atoms with Crippen molar-refractivity contribution in [2.75, 3.05) is 6.61 Å². The van der Waals surface area contributed by atoms with Crippen LogP contribution in [0.15, 0.2) is 12.2 Å². The molecular formula is C6H11O. The Morgan fingerprint density at radius 1 is 1.57 bits per heavy atom. The van der Waals surface area contributed by atoms with Crippen molar-refractivity contribution in [2.24, 2.45) is 0 Å². The highest BCUT2D eigenvalue weighted by Gasteiger charge is 1.75. The zero-order valence-corrected chi connectivity index (χ0v) is 4.68. The van der Waals surface area contributed by atoms with Gasteiger partial charge in [0, 0.05) is 0 Å². The van der Waals surface area contributed by atoms with Gasteiger partial charge in [-0.2, -0.15) is 0 Å². The van der Waals surface area contributed by atoms with Gasteiger partial charge in [0.05, 0.1) is 6.61 Å². The number of unbranched alkanes of at least 4 members (excludes halogenated alkanes) is 1. The standard InChI is InChI=1S/C6H11O/c1-2-3-4-5-6-7/h2-3H,4-6H2,1H3. The third-order valence-corrected chi connectivity index (χ3v) is 0.751. The Hall–Kier alpha value is -0.300. The fourth-order valence-electron chi connectivity index (χ4n) is 0.368. The molecule has 0 amide bonds. The molecular weight excluding hydrogens is 88.1 g/mol. The number of hydrogen-bond donors (Lipinski definition) is 0. The van der Waals surface area contributed by atoms with Crippen molar-refractivity contribution in [3.8, 4) is 0 Å². The normalized spacial score (nSPS) is 10.6. The first-order valence-corrected chi connectivity index (χ1v) is 2.61. The molecule has 0 bridgehead atoms. The highest BCUT2D eigenvalue weighted by Crippen LogP contribution is 1.87. The largest absolute Gasteiger partial charge is 0.237 e. The summed E-state index contributed by atoms with van der Waals surface area (Å²) >= 11 is 0. The Morgan fingerprint density at radius 3 is 2.71 bits per heavy atom. The summed E-state index contributed by atoms with van der Waals surface area (Å²) in [6, 6.07) is 0. The molecule has 0 aromatic heterocycles. The maximum absolute atomic E-state index is 9.77. The highest BCUT2D eigenvalue weighted by molar-refractivity contribution is 4.75. The van der Waals surface area contributed by atoms with E-state index in [-0.39, 0.29) is 6.61 Å². The van der Waals surface area contributed by atoms with Gasteiger partial charge in [-0.15, -0.1) is 0 Å². The van der Waals surface area contributed by atoms with Crippen LogP contribution in [0.1, 0.15) is 19.8 Å². The van der Waals surface area contributed by atoms with Gasteiger partial charge in [-0.05, 0) is 19.8 Å². The van der Waals surface area contributed by atoms with Gasteiger partial charge >= 0.3 is 0 Å². The van der Waals surface area contributed by atoms with Gasteiger partial charge < -0.3 is 0 Å². The lowest BCUT2D eigenvalue weighted by atomic mass is 10.3. The van der Waals surface area contributed by atoms with Crippen LogP contribution in [0.4, 0.5) is 0 Å². The second-order valence-corrected chi connectivity index (χ2v) is 1.42. The van der Waals surface area contributed by atoms with E-state index in [2.05, 4.69) is 0 Å². The van der Waals surface area contributed by atoms with E-state index in [0.717, 1.165) is 12.8 Å². The van der Waals surface area contributed by atoms with E-state index >= 15 is 0 Å². The molecule has 1 radical (unpaired) electrons. The van der Waals surface area contributed by atoms with Crippen molar-refractivity contribution >= 4 is 0 Å². The second-order valence-electron chi connectivity index (χ2n) is 1.42. The molecule has 0 aromatic rings. The van der Waals surface area contributed by atoms with E-state index in [1.54, 1.807) is 0 Å². The highest BCUT2D eigenvalue weighted by atomic mass is 16.2. The lowest BCUT2D eigenvalue weighted by Crippen LogP contribution is -1.74. The van der Waals surface area contributed by atoms with Crippen LogP contribution in [0, 0.1) is 0 Å². The fraction of sp³-hybridized carbons (Fsp3) is 0.667. The molecule has 0 heterocycles. The predicted octanol–water partition coefficient (Wildman–Crippen LogP) is 1.77. The maximum Gasteiger partial charge on any atom is 0.0825 e. The predicted molar refractivity (Wildman–Crippen MR) is 29.6 cm³/mol. The summed E-state index contributed by atoms with van der Waals surface area (Å²) in [6.07, 6.45) is 5.71. The molecule has 0 aromatic carbocycles. The van der Waals surface area contributed by atoms with Crippen LogP contribution in [0.5, 0.6) is 0 Å². The SMILES string of the molecule is CC=CCCC[O]. The quantitative estimate of drug-likeness (QED) is 0.379. The zero-order chi connectivity index (χ0) is 5.54. The van der Waals surface area contributed by atoms with Crippen molar-refractivity contribution in [1.82, 2.24) is 0 Å². The molecule has 0 rings (SSSR count).